The average molecular weight is 1080 g/mol. The van der Waals surface area contributed by atoms with E-state index in [-0.39, 0.29) is 47.9 Å². The summed E-state index contributed by atoms with van der Waals surface area (Å²) >= 11 is 0. The van der Waals surface area contributed by atoms with Gasteiger partial charge in [0.15, 0.2) is 0 Å². The lowest BCUT2D eigenvalue weighted by Gasteiger charge is -2.63. The first-order chi connectivity index (χ1) is 38.2. The van der Waals surface area contributed by atoms with Gasteiger partial charge in [-0.25, -0.2) is 20.4 Å². The number of cyclic esters (lactones) is 1. The molecule has 0 unspecified atom stereocenters. The summed E-state index contributed by atoms with van der Waals surface area (Å²) in [6, 6.07) is 9.37. The number of hydrogen-bond donors (Lipinski definition) is 2. The standard InChI is InChI=1S/C61H78N12O6/c1-35-50(46-15-17-62-34-64-46)51(35)56(74)66-53-55(71-31-61(32-71)16-19-68(61)5)57-65-48(30-78-57)38-11-14-49-43(26-38)45(28-60(3,4)33-79-59(76)47-8-7-18-72(67-47)58(53)75)54(73(49)41-24-39(25-41)37-9-10-37)44-27-42(29-63-52(44)36(2)77-6)70-22-20-69(21-23-70)40-12-13-40/h11,14-15,17,26-27,29-30,34-37,39-41,47,50-51,53,55,67H,7-10,12-13,16,18-25,28,31-33H2,1-6H3,(H,66,74)/t35-,36-,39?,41?,47-,50-,51+,53-,55-/m0/s1. The zero-order valence-corrected chi connectivity index (χ0v) is 46.9. The Hall–Kier alpha value is -5.79. The van der Waals surface area contributed by atoms with E-state index in [4.69, 9.17) is 23.9 Å². The van der Waals surface area contributed by atoms with Gasteiger partial charge < -0.3 is 28.7 Å². The molecule has 6 bridgehead atoms. The number of carbonyl (C=O) groups is 3. The first kappa shape index (κ1) is 51.4. The Bertz CT molecular complexity index is 3150. The molecule has 9 aliphatic rings. The fourth-order valence-corrected chi connectivity index (χ4v) is 14.8. The molecule has 2 amide bonds. The van der Waals surface area contributed by atoms with Crippen LogP contribution in [0, 0.1) is 29.1 Å². The van der Waals surface area contributed by atoms with Gasteiger partial charge >= 0.3 is 5.97 Å². The van der Waals surface area contributed by atoms with E-state index in [2.05, 4.69) is 110 Å². The predicted molar refractivity (Wildman–Crippen MR) is 297 cm³/mol. The first-order valence-corrected chi connectivity index (χ1v) is 29.7. The highest BCUT2D eigenvalue weighted by molar-refractivity contribution is 5.96. The van der Waals surface area contributed by atoms with Crippen LogP contribution in [0.25, 0.3) is 33.4 Å². The molecular weight excluding hydrogens is 997 g/mol. The zero-order chi connectivity index (χ0) is 54.1. The number of carbonyl (C=O) groups excluding carboxylic acids is 3. The van der Waals surface area contributed by atoms with Gasteiger partial charge in [-0.2, -0.15) is 0 Å². The third kappa shape index (κ3) is 9.25. The van der Waals surface area contributed by atoms with Crippen molar-refractivity contribution in [3.63, 3.8) is 0 Å². The molecule has 0 radical (unpaired) electrons. The van der Waals surface area contributed by atoms with Crippen LogP contribution in [0.3, 0.4) is 0 Å². The molecule has 14 rings (SSSR count). The Balaban J connectivity index is 0.908. The van der Waals surface area contributed by atoms with Crippen molar-refractivity contribution in [3.05, 3.63) is 78.2 Å². The number of pyridine rings is 1. The van der Waals surface area contributed by atoms with E-state index < -0.39 is 35.4 Å². The maximum absolute atomic E-state index is 15.5. The van der Waals surface area contributed by atoms with Crippen molar-refractivity contribution in [1.29, 1.82) is 0 Å². The van der Waals surface area contributed by atoms with Gasteiger partial charge in [-0.3, -0.25) is 39.1 Å². The third-order valence-electron chi connectivity index (χ3n) is 20.2. The second-order valence-electron chi connectivity index (χ2n) is 26.0. The van der Waals surface area contributed by atoms with Crippen molar-refractivity contribution >= 4 is 34.4 Å². The van der Waals surface area contributed by atoms with E-state index >= 15 is 4.79 Å². The monoisotopic (exact) mass is 1070 g/mol. The number of oxazole rings is 1. The number of anilines is 1. The normalized spacial score (nSPS) is 30.5. The van der Waals surface area contributed by atoms with Gasteiger partial charge in [0, 0.05) is 128 Å². The molecule has 7 atom stereocenters. The summed E-state index contributed by atoms with van der Waals surface area (Å²) < 4.78 is 21.9. The van der Waals surface area contributed by atoms with Gasteiger partial charge in [-0.1, -0.05) is 26.8 Å². The second kappa shape index (κ2) is 19.7. The lowest BCUT2D eigenvalue weighted by atomic mass is 9.76. The SMILES string of the molecule is CO[C@@H](C)c1ncc(N2CCN(C3CC3)CC2)cc1-c1c2c3cc(ccc3n1C1CC(C3CC3)C1)-c1coc(n1)[C@@H](N1CC3(CCN3C)C1)[C@H](NC(=O)[C@@H]1[C@@H](C)[C@H]1c1ccncn1)C(=O)N1CCC[C@H](N1)C(=O)OCC(C)(C)C2. The summed E-state index contributed by atoms with van der Waals surface area (Å²) in [6.07, 6.45) is 16.9. The van der Waals surface area contributed by atoms with Crippen LogP contribution in [0.5, 0.6) is 0 Å². The maximum Gasteiger partial charge on any atom is 0.324 e. The molecule has 18 heteroatoms. The number of rotatable bonds is 11. The Labute approximate surface area is 463 Å². The number of piperazine rings is 1. The fourth-order valence-electron chi connectivity index (χ4n) is 14.8. The van der Waals surface area contributed by atoms with E-state index in [0.717, 1.165) is 109 Å². The van der Waals surface area contributed by atoms with Crippen LogP contribution >= 0.6 is 0 Å². The largest absolute Gasteiger partial charge is 0.464 e. The van der Waals surface area contributed by atoms with E-state index in [1.165, 1.54) is 42.6 Å². The number of methoxy groups -OCH3 is 1. The molecule has 5 aromatic rings. The summed E-state index contributed by atoms with van der Waals surface area (Å²) in [5.74, 6) is 0.393. The highest BCUT2D eigenvalue weighted by Gasteiger charge is 2.59. The Morgan fingerprint density at radius 2 is 1.75 bits per heavy atom. The molecule has 8 fully saturated rings. The van der Waals surface area contributed by atoms with Crippen molar-refractivity contribution in [3.8, 4) is 22.5 Å². The van der Waals surface area contributed by atoms with E-state index in [9.17, 15) is 9.59 Å². The number of likely N-dealkylation sites (tertiary alicyclic amines) is 2. The predicted octanol–water partition coefficient (Wildman–Crippen LogP) is 7.09. The van der Waals surface area contributed by atoms with Crippen LogP contribution < -0.4 is 15.6 Å². The highest BCUT2D eigenvalue weighted by Crippen LogP contribution is 2.56. The Morgan fingerprint density at radius 1 is 0.937 bits per heavy atom. The molecule has 18 nitrogen and oxygen atoms in total. The fraction of sp³-hybridized carbons (Fsp3) is 0.623. The summed E-state index contributed by atoms with van der Waals surface area (Å²) in [5.41, 5.74) is 11.7. The van der Waals surface area contributed by atoms with Crippen LogP contribution in [-0.2, 0) is 30.3 Å². The Morgan fingerprint density at radius 3 is 2.46 bits per heavy atom. The lowest BCUT2D eigenvalue weighted by molar-refractivity contribution is -0.160. The van der Waals surface area contributed by atoms with Gasteiger partial charge in [-0.05, 0) is 126 Å². The molecule has 9 heterocycles. The minimum atomic E-state index is -1.11. The minimum absolute atomic E-state index is 0.00506. The number of nitrogens with zero attached hydrogens (tertiary/aromatic N) is 10. The Kier molecular flexibility index (Phi) is 12.8. The topological polar surface area (TPSA) is 180 Å². The van der Waals surface area contributed by atoms with E-state index in [0.29, 0.717) is 56.4 Å². The number of benzene rings is 1. The number of amides is 2. The second-order valence-corrected chi connectivity index (χ2v) is 26.0. The van der Waals surface area contributed by atoms with Crippen LogP contribution in [0.15, 0.2) is 59.7 Å². The number of likely N-dealkylation sites (N-methyl/N-ethyl adjacent to an activating group) is 1. The number of hydrazine groups is 1. The molecule has 1 aromatic carbocycles. The molecule has 4 aliphatic carbocycles. The molecule has 4 saturated carbocycles. The number of aromatic nitrogens is 5. The van der Waals surface area contributed by atoms with E-state index in [1.54, 1.807) is 19.6 Å². The van der Waals surface area contributed by atoms with Crippen LogP contribution in [0.1, 0.15) is 132 Å². The highest BCUT2D eigenvalue weighted by atomic mass is 16.5. The first-order valence-electron chi connectivity index (χ1n) is 29.7. The minimum Gasteiger partial charge on any atom is -0.464 e. The summed E-state index contributed by atoms with van der Waals surface area (Å²) in [4.78, 5) is 73.9. The van der Waals surface area contributed by atoms with Gasteiger partial charge in [0.05, 0.1) is 36.0 Å². The number of ether oxygens (including phenoxy) is 2. The maximum atomic E-state index is 15.5. The van der Waals surface area contributed by atoms with Gasteiger partial charge in [-0.15, -0.1) is 0 Å². The van der Waals surface area contributed by atoms with E-state index in [1.807, 2.05) is 6.07 Å². The molecule has 4 aromatic heterocycles. The summed E-state index contributed by atoms with van der Waals surface area (Å²) in [5, 5.41) is 5.95. The van der Waals surface area contributed by atoms with Gasteiger partial charge in [0.1, 0.15) is 36.4 Å². The van der Waals surface area contributed by atoms with Gasteiger partial charge in [0.25, 0.3) is 5.91 Å². The number of esters is 1. The van der Waals surface area contributed by atoms with Crippen LogP contribution in [0.2, 0.25) is 0 Å². The number of fused-ring (bicyclic) bond motifs is 6. The van der Waals surface area contributed by atoms with Crippen molar-refractivity contribution < 1.29 is 28.3 Å². The summed E-state index contributed by atoms with van der Waals surface area (Å²) in [7, 11) is 3.92. The smallest absolute Gasteiger partial charge is 0.324 e. The molecule has 2 N–H and O–H groups in total. The summed E-state index contributed by atoms with van der Waals surface area (Å²) in [6.45, 7) is 15.4. The third-order valence-corrected chi connectivity index (χ3v) is 20.2. The number of nitrogens with one attached hydrogen (secondary N) is 2. The van der Waals surface area contributed by atoms with Gasteiger partial charge in [0.2, 0.25) is 11.8 Å². The lowest BCUT2D eigenvalue weighted by Crippen LogP contribution is -2.77. The van der Waals surface area contributed by atoms with Crippen molar-refractivity contribution in [2.75, 3.05) is 78.0 Å². The molecule has 418 valence electrons. The van der Waals surface area contributed by atoms with Crippen molar-refractivity contribution in [2.45, 2.75) is 140 Å². The van der Waals surface area contributed by atoms with Crippen LogP contribution in [-0.4, -0.2) is 159 Å². The molecule has 79 heavy (non-hydrogen) atoms. The van der Waals surface area contributed by atoms with Crippen LogP contribution in [0.4, 0.5) is 5.69 Å². The average Bonchev–Trinajstić information content (AvgIpc) is 4.42. The molecular formula is C61H78N12O6. The van der Waals surface area contributed by atoms with Crippen molar-refractivity contribution in [1.82, 2.24) is 55.0 Å². The quantitative estimate of drug-likeness (QED) is 0.128. The molecule has 1 spiro atoms. The van der Waals surface area contributed by atoms with Crippen molar-refractivity contribution in [2.24, 2.45) is 29.1 Å². The number of hydrogen-bond acceptors (Lipinski definition) is 15. The molecule has 5 aliphatic heterocycles. The zero-order valence-electron chi connectivity index (χ0n) is 46.9. The molecule has 4 saturated heterocycles.